The lowest BCUT2D eigenvalue weighted by atomic mass is 10.2. The fraction of sp³-hybridized carbons (Fsp3) is 0.154. The van der Waals surface area contributed by atoms with Crippen LogP contribution in [0.2, 0.25) is 0 Å². The van der Waals surface area contributed by atoms with E-state index in [0.717, 1.165) is 5.56 Å². The van der Waals surface area contributed by atoms with Crippen LogP contribution in [0, 0.1) is 13.8 Å². The van der Waals surface area contributed by atoms with Crippen LogP contribution in [0.5, 0.6) is 0 Å². The van der Waals surface area contributed by atoms with E-state index >= 15 is 0 Å². The number of nitrogens with one attached hydrogen (secondary N) is 1. The first-order chi connectivity index (χ1) is 9.95. The highest BCUT2D eigenvalue weighted by Crippen LogP contribution is 2.19. The molecule has 108 valence electrons. The number of aromatic nitrogens is 4. The van der Waals surface area contributed by atoms with E-state index in [9.17, 15) is 8.42 Å². The van der Waals surface area contributed by atoms with Crippen molar-refractivity contribution in [3.05, 3.63) is 47.8 Å². The van der Waals surface area contributed by atoms with Gasteiger partial charge in [0, 0.05) is 12.4 Å². The van der Waals surface area contributed by atoms with E-state index in [1.807, 2.05) is 13.0 Å². The molecule has 0 spiro atoms. The molecule has 0 aliphatic carbocycles. The van der Waals surface area contributed by atoms with Crippen LogP contribution in [0.25, 0.3) is 5.78 Å². The predicted molar refractivity (Wildman–Crippen MR) is 77.5 cm³/mol. The van der Waals surface area contributed by atoms with E-state index < -0.39 is 10.0 Å². The molecule has 2 heterocycles. The number of benzene rings is 1. The quantitative estimate of drug-likeness (QED) is 0.792. The van der Waals surface area contributed by atoms with Gasteiger partial charge in [0.15, 0.2) is 0 Å². The van der Waals surface area contributed by atoms with Crippen LogP contribution in [0.1, 0.15) is 11.1 Å². The van der Waals surface area contributed by atoms with Gasteiger partial charge in [-0.3, -0.25) is 0 Å². The standard InChI is InChI=1S/C13H13N5O2S/c1-9-4-5-10(2)11(8-9)21(19,20)17-12-15-13-14-6-3-7-18(13)16-12/h3-8H,1-2H3,(H,16,17). The van der Waals surface area contributed by atoms with E-state index in [1.54, 1.807) is 37.5 Å². The number of hydrogen-bond acceptors (Lipinski definition) is 5. The third-order valence-electron chi connectivity index (χ3n) is 2.98. The molecule has 3 aromatic rings. The maximum absolute atomic E-state index is 12.4. The zero-order chi connectivity index (χ0) is 15.0. The molecule has 0 unspecified atom stereocenters. The molecule has 0 saturated heterocycles. The van der Waals surface area contributed by atoms with Gasteiger partial charge in [0.25, 0.3) is 21.7 Å². The van der Waals surface area contributed by atoms with E-state index in [1.165, 1.54) is 4.52 Å². The highest BCUT2D eigenvalue weighted by atomic mass is 32.2. The molecule has 0 amide bonds. The molecule has 0 saturated carbocycles. The van der Waals surface area contributed by atoms with Gasteiger partial charge in [-0.25, -0.2) is 22.6 Å². The third kappa shape index (κ3) is 2.57. The summed E-state index contributed by atoms with van der Waals surface area (Å²) in [7, 11) is -3.73. The molecule has 3 rings (SSSR count). The average Bonchev–Trinajstić information content (AvgIpc) is 2.82. The Morgan fingerprint density at radius 1 is 1.24 bits per heavy atom. The highest BCUT2D eigenvalue weighted by Gasteiger charge is 2.19. The first-order valence-corrected chi connectivity index (χ1v) is 7.71. The van der Waals surface area contributed by atoms with Crippen LogP contribution >= 0.6 is 0 Å². The number of fused-ring (bicyclic) bond motifs is 1. The number of sulfonamides is 1. The molecule has 0 atom stereocenters. The van der Waals surface area contributed by atoms with Gasteiger partial charge in [0.2, 0.25) is 0 Å². The van der Waals surface area contributed by atoms with Gasteiger partial charge in [-0.2, -0.15) is 4.98 Å². The predicted octanol–water partition coefficient (Wildman–Crippen LogP) is 1.54. The summed E-state index contributed by atoms with van der Waals surface area (Å²) in [5.41, 5.74) is 1.53. The molecule has 0 radical (unpaired) electrons. The molecule has 0 fully saturated rings. The first-order valence-electron chi connectivity index (χ1n) is 6.23. The van der Waals surface area contributed by atoms with Crippen molar-refractivity contribution >= 4 is 21.7 Å². The van der Waals surface area contributed by atoms with E-state index in [0.29, 0.717) is 11.3 Å². The van der Waals surface area contributed by atoms with E-state index in [2.05, 4.69) is 19.8 Å². The van der Waals surface area contributed by atoms with Crippen molar-refractivity contribution in [3.63, 3.8) is 0 Å². The highest BCUT2D eigenvalue weighted by molar-refractivity contribution is 7.92. The lowest BCUT2D eigenvalue weighted by Gasteiger charge is -2.08. The molecule has 1 aromatic carbocycles. The second-order valence-electron chi connectivity index (χ2n) is 4.67. The van der Waals surface area contributed by atoms with Gasteiger partial charge in [0.05, 0.1) is 4.90 Å². The largest absolute Gasteiger partial charge is 0.264 e. The molecular formula is C13H13N5O2S. The van der Waals surface area contributed by atoms with Crippen molar-refractivity contribution in [1.82, 2.24) is 19.6 Å². The van der Waals surface area contributed by atoms with Crippen molar-refractivity contribution in [2.45, 2.75) is 18.7 Å². The van der Waals surface area contributed by atoms with Gasteiger partial charge < -0.3 is 0 Å². The monoisotopic (exact) mass is 303 g/mol. The van der Waals surface area contributed by atoms with Crippen LogP contribution in [0.15, 0.2) is 41.6 Å². The summed E-state index contributed by atoms with van der Waals surface area (Å²) >= 11 is 0. The van der Waals surface area contributed by atoms with Gasteiger partial charge in [-0.1, -0.05) is 12.1 Å². The Labute approximate surface area is 121 Å². The van der Waals surface area contributed by atoms with Crippen molar-refractivity contribution in [2.24, 2.45) is 0 Å². The molecular weight excluding hydrogens is 290 g/mol. The Kier molecular flexibility index (Phi) is 3.09. The molecule has 1 N–H and O–H groups in total. The number of rotatable bonds is 3. The second-order valence-corrected chi connectivity index (χ2v) is 6.32. The summed E-state index contributed by atoms with van der Waals surface area (Å²) in [6.07, 6.45) is 3.21. The van der Waals surface area contributed by atoms with Crippen LogP contribution in [-0.2, 0) is 10.0 Å². The minimum absolute atomic E-state index is 0.00499. The topological polar surface area (TPSA) is 89.2 Å². The van der Waals surface area contributed by atoms with Crippen LogP contribution in [-0.4, -0.2) is 28.0 Å². The summed E-state index contributed by atoms with van der Waals surface area (Å²) in [5.74, 6) is 0.325. The fourth-order valence-electron chi connectivity index (χ4n) is 1.95. The smallest absolute Gasteiger partial charge is 0.246 e. The summed E-state index contributed by atoms with van der Waals surface area (Å²) in [6, 6.07) is 6.93. The Balaban J connectivity index is 2.01. The van der Waals surface area contributed by atoms with Crippen molar-refractivity contribution in [2.75, 3.05) is 4.72 Å². The van der Waals surface area contributed by atoms with E-state index in [4.69, 9.17) is 0 Å². The normalized spacial score (nSPS) is 11.7. The number of aryl methyl sites for hydroxylation is 2. The molecule has 7 nitrogen and oxygen atoms in total. The summed E-state index contributed by atoms with van der Waals surface area (Å²) in [5, 5.41) is 4.03. The summed E-state index contributed by atoms with van der Waals surface area (Å²) in [4.78, 5) is 8.23. The fourth-order valence-corrected chi connectivity index (χ4v) is 3.22. The molecule has 21 heavy (non-hydrogen) atoms. The number of nitrogens with zero attached hydrogens (tertiary/aromatic N) is 4. The average molecular weight is 303 g/mol. The Hall–Kier alpha value is -2.48. The lowest BCUT2D eigenvalue weighted by Crippen LogP contribution is -2.15. The van der Waals surface area contributed by atoms with Crippen molar-refractivity contribution < 1.29 is 8.42 Å². The van der Waals surface area contributed by atoms with Gasteiger partial charge >= 0.3 is 0 Å². The van der Waals surface area contributed by atoms with Crippen LogP contribution in [0.3, 0.4) is 0 Å². The molecule has 2 aromatic heterocycles. The molecule has 8 heteroatoms. The number of anilines is 1. The molecule has 0 aliphatic rings. The van der Waals surface area contributed by atoms with Crippen LogP contribution in [0.4, 0.5) is 5.95 Å². The Morgan fingerprint density at radius 3 is 2.81 bits per heavy atom. The minimum Gasteiger partial charge on any atom is -0.246 e. The maximum atomic E-state index is 12.4. The SMILES string of the molecule is Cc1ccc(C)c(S(=O)(=O)Nc2nc3ncccn3n2)c1. The van der Waals surface area contributed by atoms with Gasteiger partial charge in [-0.15, -0.1) is 5.10 Å². The summed E-state index contributed by atoms with van der Waals surface area (Å²) in [6.45, 7) is 3.58. The zero-order valence-corrected chi connectivity index (χ0v) is 12.3. The molecule has 0 bridgehead atoms. The minimum atomic E-state index is -3.73. The maximum Gasteiger partial charge on any atom is 0.264 e. The van der Waals surface area contributed by atoms with Crippen molar-refractivity contribution in [3.8, 4) is 0 Å². The first kappa shape index (κ1) is 13.5. The Bertz CT molecular complexity index is 884. The Morgan fingerprint density at radius 2 is 2.05 bits per heavy atom. The van der Waals surface area contributed by atoms with Crippen molar-refractivity contribution in [1.29, 1.82) is 0 Å². The van der Waals surface area contributed by atoms with Crippen LogP contribution < -0.4 is 4.72 Å². The second kappa shape index (κ2) is 4.81. The molecule has 0 aliphatic heterocycles. The third-order valence-corrected chi connectivity index (χ3v) is 4.45. The summed E-state index contributed by atoms with van der Waals surface area (Å²) < 4.78 is 28.6. The van der Waals surface area contributed by atoms with Gasteiger partial charge in [0.1, 0.15) is 0 Å². The lowest BCUT2D eigenvalue weighted by molar-refractivity contribution is 0.600. The number of hydrogen-bond donors (Lipinski definition) is 1. The zero-order valence-electron chi connectivity index (χ0n) is 11.5. The van der Waals surface area contributed by atoms with Gasteiger partial charge in [-0.05, 0) is 37.1 Å². The van der Waals surface area contributed by atoms with E-state index in [-0.39, 0.29) is 10.8 Å².